The Bertz CT molecular complexity index is 877. The summed E-state index contributed by atoms with van der Waals surface area (Å²) in [6.45, 7) is 5.25. The summed E-state index contributed by atoms with van der Waals surface area (Å²) in [6, 6.07) is 7.60. The van der Waals surface area contributed by atoms with Crippen LogP contribution in [0.1, 0.15) is 40.5 Å². The van der Waals surface area contributed by atoms with Crippen LogP contribution in [0.4, 0.5) is 13.2 Å². The van der Waals surface area contributed by atoms with Gasteiger partial charge in [0.05, 0.1) is 24.9 Å². The van der Waals surface area contributed by atoms with Gasteiger partial charge in [0, 0.05) is 24.2 Å². The summed E-state index contributed by atoms with van der Waals surface area (Å²) in [7, 11) is 0. The van der Waals surface area contributed by atoms with Gasteiger partial charge in [-0.3, -0.25) is 9.48 Å². The fourth-order valence-corrected chi connectivity index (χ4v) is 3.92. The maximum atomic E-state index is 13.0. The molecule has 5 nitrogen and oxygen atoms in total. The topological polar surface area (TPSA) is 47.4 Å². The number of halogens is 3. The first kappa shape index (κ1) is 21.4. The first-order chi connectivity index (χ1) is 13.7. The molecule has 8 heteroatoms. The lowest BCUT2D eigenvalue weighted by molar-refractivity contribution is -0.143. The molecule has 29 heavy (non-hydrogen) atoms. The highest BCUT2D eigenvalue weighted by Gasteiger charge is 2.35. The molecule has 2 heterocycles. The van der Waals surface area contributed by atoms with Crippen molar-refractivity contribution in [1.82, 2.24) is 14.7 Å². The molecule has 1 fully saturated rings. The van der Waals surface area contributed by atoms with Crippen LogP contribution in [-0.4, -0.2) is 46.5 Å². The minimum atomic E-state index is -4.35. The summed E-state index contributed by atoms with van der Waals surface area (Å²) >= 11 is 0. The maximum absolute atomic E-state index is 13.0. The number of ether oxygens (including phenoxy) is 1. The Hall–Kier alpha value is -2.35. The van der Waals surface area contributed by atoms with Crippen molar-refractivity contribution in [3.63, 3.8) is 0 Å². The van der Waals surface area contributed by atoms with E-state index < -0.39 is 18.8 Å². The van der Waals surface area contributed by atoms with Crippen molar-refractivity contribution in [3.8, 4) is 0 Å². The van der Waals surface area contributed by atoms with E-state index in [2.05, 4.69) is 11.2 Å². The van der Waals surface area contributed by atoms with Gasteiger partial charge in [0.25, 0.3) is 0 Å². The van der Waals surface area contributed by atoms with Gasteiger partial charge in [-0.1, -0.05) is 29.8 Å². The number of nitrogens with zero attached hydrogens (tertiary/aromatic N) is 3. The number of amides is 1. The quantitative estimate of drug-likeness (QED) is 0.753. The highest BCUT2D eigenvalue weighted by Crippen LogP contribution is 2.31. The van der Waals surface area contributed by atoms with Gasteiger partial charge in [-0.05, 0) is 32.8 Å². The average Bonchev–Trinajstić information content (AvgIpc) is 2.91. The van der Waals surface area contributed by atoms with Crippen molar-refractivity contribution in [2.45, 2.75) is 52.4 Å². The molecular formula is C21H26F3N3O2. The van der Waals surface area contributed by atoms with Gasteiger partial charge in [0.2, 0.25) is 5.91 Å². The number of carbonyl (C=O) groups is 1. The second-order valence-electron chi connectivity index (χ2n) is 7.52. The van der Waals surface area contributed by atoms with Crippen LogP contribution in [0.5, 0.6) is 0 Å². The van der Waals surface area contributed by atoms with E-state index in [1.165, 1.54) is 0 Å². The summed E-state index contributed by atoms with van der Waals surface area (Å²) in [6.07, 6.45) is -3.39. The molecule has 0 saturated carbocycles. The molecule has 0 radical (unpaired) electrons. The third-order valence-electron chi connectivity index (χ3n) is 5.26. The van der Waals surface area contributed by atoms with Gasteiger partial charge in [0.15, 0.2) is 0 Å². The van der Waals surface area contributed by atoms with Gasteiger partial charge in [-0.25, -0.2) is 0 Å². The van der Waals surface area contributed by atoms with Crippen LogP contribution < -0.4 is 0 Å². The largest absolute Gasteiger partial charge is 0.408 e. The molecular weight excluding hydrogens is 383 g/mol. The highest BCUT2D eigenvalue weighted by atomic mass is 19.4. The molecule has 1 aliphatic rings. The molecule has 1 aliphatic heterocycles. The highest BCUT2D eigenvalue weighted by molar-refractivity contribution is 5.77. The normalized spacial score (nSPS) is 17.6. The zero-order valence-corrected chi connectivity index (χ0v) is 16.9. The lowest BCUT2D eigenvalue weighted by Crippen LogP contribution is -2.44. The maximum Gasteiger partial charge on any atom is 0.408 e. The number of carbonyl (C=O) groups excluding carboxylic acids is 1. The number of alkyl halides is 3. The monoisotopic (exact) mass is 409 g/mol. The summed E-state index contributed by atoms with van der Waals surface area (Å²) in [5.41, 5.74) is 3.81. The van der Waals surface area contributed by atoms with Crippen molar-refractivity contribution < 1.29 is 22.7 Å². The van der Waals surface area contributed by atoms with Gasteiger partial charge in [-0.15, -0.1) is 0 Å². The Balaban J connectivity index is 1.78. The molecule has 0 aliphatic carbocycles. The summed E-state index contributed by atoms with van der Waals surface area (Å²) in [4.78, 5) is 14.7. The van der Waals surface area contributed by atoms with Crippen LogP contribution in [0.2, 0.25) is 0 Å². The predicted molar refractivity (Wildman–Crippen MR) is 103 cm³/mol. The smallest absolute Gasteiger partial charge is 0.377 e. The Morgan fingerprint density at radius 2 is 2.03 bits per heavy atom. The molecule has 1 saturated heterocycles. The van der Waals surface area contributed by atoms with E-state index in [0.717, 1.165) is 15.8 Å². The fourth-order valence-electron chi connectivity index (χ4n) is 3.92. The number of rotatable bonds is 5. The van der Waals surface area contributed by atoms with Crippen molar-refractivity contribution in [2.75, 3.05) is 19.8 Å². The lowest BCUT2D eigenvalue weighted by atomic mass is 10.0. The molecule has 1 atom stereocenters. The van der Waals surface area contributed by atoms with Gasteiger partial charge < -0.3 is 9.64 Å². The number of aromatic nitrogens is 2. The number of hydrogen-bond donors (Lipinski definition) is 0. The Kier molecular flexibility index (Phi) is 6.31. The van der Waals surface area contributed by atoms with Crippen molar-refractivity contribution in [1.29, 1.82) is 0 Å². The van der Waals surface area contributed by atoms with Crippen LogP contribution >= 0.6 is 0 Å². The Morgan fingerprint density at radius 1 is 1.28 bits per heavy atom. The Morgan fingerprint density at radius 3 is 2.72 bits per heavy atom. The number of aryl methyl sites for hydroxylation is 3. The average molecular weight is 409 g/mol. The van der Waals surface area contributed by atoms with Crippen LogP contribution in [0.3, 0.4) is 0 Å². The molecule has 0 spiro atoms. The zero-order valence-electron chi connectivity index (χ0n) is 16.9. The summed E-state index contributed by atoms with van der Waals surface area (Å²) in [5, 5.41) is 4.07. The van der Waals surface area contributed by atoms with E-state index in [1.807, 2.05) is 25.1 Å². The molecule has 2 aromatic rings. The van der Waals surface area contributed by atoms with Crippen molar-refractivity contribution in [2.24, 2.45) is 0 Å². The van der Waals surface area contributed by atoms with Gasteiger partial charge in [-0.2, -0.15) is 18.3 Å². The molecule has 3 rings (SSSR count). The second kappa shape index (κ2) is 8.57. The summed E-state index contributed by atoms with van der Waals surface area (Å²) in [5.74, 6) is -0.0258. The van der Waals surface area contributed by atoms with E-state index in [9.17, 15) is 18.0 Å². The molecule has 1 amide bonds. The number of morpholine rings is 1. The van der Waals surface area contributed by atoms with E-state index in [0.29, 0.717) is 42.9 Å². The second-order valence-corrected chi connectivity index (χ2v) is 7.52. The van der Waals surface area contributed by atoms with E-state index in [4.69, 9.17) is 4.74 Å². The van der Waals surface area contributed by atoms with Crippen LogP contribution in [0.25, 0.3) is 0 Å². The third kappa shape index (κ3) is 5.18. The number of benzene rings is 1. The lowest BCUT2D eigenvalue weighted by Gasteiger charge is -2.36. The minimum absolute atomic E-state index is 0.0258. The molecule has 0 N–H and O–H groups in total. The van der Waals surface area contributed by atoms with Gasteiger partial charge >= 0.3 is 6.18 Å². The van der Waals surface area contributed by atoms with E-state index in [1.54, 1.807) is 18.7 Å². The molecule has 158 valence electrons. The molecule has 0 bridgehead atoms. The SMILES string of the molecule is Cc1cccc(CCC(=O)N2CCOCC2c2c(C)nn(CC(F)(F)F)c2C)c1. The zero-order chi connectivity index (χ0) is 21.2. The number of hydrogen-bond acceptors (Lipinski definition) is 3. The van der Waals surface area contributed by atoms with Crippen molar-refractivity contribution >= 4 is 5.91 Å². The molecule has 1 unspecified atom stereocenters. The first-order valence-corrected chi connectivity index (χ1v) is 9.69. The summed E-state index contributed by atoms with van der Waals surface area (Å²) < 4.78 is 45.1. The first-order valence-electron chi connectivity index (χ1n) is 9.69. The predicted octanol–water partition coefficient (Wildman–Crippen LogP) is 3.90. The molecule has 1 aromatic carbocycles. The fraction of sp³-hybridized carbons (Fsp3) is 0.524. The van der Waals surface area contributed by atoms with Crippen LogP contribution in [0.15, 0.2) is 24.3 Å². The third-order valence-corrected chi connectivity index (χ3v) is 5.26. The van der Waals surface area contributed by atoms with E-state index in [-0.39, 0.29) is 12.5 Å². The van der Waals surface area contributed by atoms with Crippen molar-refractivity contribution in [3.05, 3.63) is 52.3 Å². The van der Waals surface area contributed by atoms with Gasteiger partial charge in [0.1, 0.15) is 6.54 Å². The standard InChI is InChI=1S/C21H26F3N3O2/c1-14-5-4-6-17(11-14)7-8-19(28)26-9-10-29-12-18(26)20-15(2)25-27(16(20)3)13-21(22,23)24/h4-6,11,18H,7-10,12-13H2,1-3H3. The Labute approximate surface area is 168 Å². The van der Waals surface area contributed by atoms with Crippen LogP contribution in [-0.2, 0) is 22.5 Å². The van der Waals surface area contributed by atoms with Crippen LogP contribution in [0, 0.1) is 20.8 Å². The molecule has 1 aromatic heterocycles. The minimum Gasteiger partial charge on any atom is -0.377 e. The van der Waals surface area contributed by atoms with E-state index >= 15 is 0 Å².